The molecule has 180 valence electrons. The number of aryl methyl sites for hydroxylation is 6. The highest BCUT2D eigenvalue weighted by molar-refractivity contribution is 5.82. The zero-order valence-corrected chi connectivity index (χ0v) is 21.5. The van der Waals surface area contributed by atoms with E-state index in [1.54, 1.807) is 0 Å². The molecule has 34 heavy (non-hydrogen) atoms. The van der Waals surface area contributed by atoms with Gasteiger partial charge in [0.25, 0.3) is 0 Å². The van der Waals surface area contributed by atoms with Crippen molar-refractivity contribution in [2.75, 3.05) is 18.0 Å². The van der Waals surface area contributed by atoms with E-state index in [0.29, 0.717) is 5.76 Å². The van der Waals surface area contributed by atoms with Gasteiger partial charge in [-0.25, -0.2) is 0 Å². The first-order valence-electron chi connectivity index (χ1n) is 12.2. The number of benzene rings is 1. The molecule has 1 aromatic carbocycles. The molecule has 0 amide bonds. The summed E-state index contributed by atoms with van der Waals surface area (Å²) in [6.07, 6.45) is 2.72. The number of fused-ring (bicyclic) bond motifs is 1. The SMILES string of the molecule is CC(CCN1CCCc2nc(C)c(C)cc21)=NOC(C)c1cc(-c2c(C)cc(C)cc2C)no1. The Hall–Kier alpha value is -3.15. The highest BCUT2D eigenvalue weighted by atomic mass is 16.6. The molecule has 0 N–H and O–H groups in total. The van der Waals surface area contributed by atoms with Gasteiger partial charge in [0.15, 0.2) is 11.9 Å². The molecule has 1 unspecified atom stereocenters. The number of hydrogen-bond donors (Lipinski definition) is 0. The van der Waals surface area contributed by atoms with E-state index in [9.17, 15) is 0 Å². The molecule has 6 nitrogen and oxygen atoms in total. The van der Waals surface area contributed by atoms with Crippen molar-refractivity contribution in [2.45, 2.75) is 73.8 Å². The number of hydrogen-bond acceptors (Lipinski definition) is 6. The van der Waals surface area contributed by atoms with Gasteiger partial charge in [-0.1, -0.05) is 28.0 Å². The van der Waals surface area contributed by atoms with Crippen LogP contribution in [0, 0.1) is 34.6 Å². The molecule has 0 fully saturated rings. The summed E-state index contributed by atoms with van der Waals surface area (Å²) in [6, 6.07) is 8.58. The van der Waals surface area contributed by atoms with Gasteiger partial charge in [0.1, 0.15) is 5.69 Å². The fraction of sp³-hybridized carbons (Fsp3) is 0.464. The molecular formula is C28H36N4O2. The van der Waals surface area contributed by atoms with Crippen LogP contribution in [-0.2, 0) is 11.3 Å². The first kappa shape index (κ1) is 24.0. The van der Waals surface area contributed by atoms with E-state index in [0.717, 1.165) is 55.0 Å². The van der Waals surface area contributed by atoms with Gasteiger partial charge in [-0.3, -0.25) is 4.98 Å². The Balaban J connectivity index is 1.37. The minimum absolute atomic E-state index is 0.312. The maximum Gasteiger partial charge on any atom is 0.184 e. The number of aromatic nitrogens is 2. The molecule has 2 aromatic heterocycles. The third-order valence-corrected chi connectivity index (χ3v) is 6.68. The Kier molecular flexibility index (Phi) is 7.05. The first-order chi connectivity index (χ1) is 16.2. The number of rotatable bonds is 7. The quantitative estimate of drug-likeness (QED) is 0.294. The predicted molar refractivity (Wildman–Crippen MR) is 138 cm³/mol. The summed E-state index contributed by atoms with van der Waals surface area (Å²) < 4.78 is 5.61. The highest BCUT2D eigenvalue weighted by Gasteiger charge is 2.20. The molecule has 1 aliphatic heterocycles. The normalized spacial score (nSPS) is 14.8. The molecule has 0 aliphatic carbocycles. The lowest BCUT2D eigenvalue weighted by Gasteiger charge is -2.31. The molecule has 0 saturated heterocycles. The minimum Gasteiger partial charge on any atom is -0.385 e. The van der Waals surface area contributed by atoms with Crippen LogP contribution in [0.5, 0.6) is 0 Å². The molecule has 3 heterocycles. The van der Waals surface area contributed by atoms with Gasteiger partial charge in [0.05, 0.1) is 17.1 Å². The van der Waals surface area contributed by atoms with Gasteiger partial charge < -0.3 is 14.3 Å². The minimum atomic E-state index is -0.312. The molecule has 0 saturated carbocycles. The van der Waals surface area contributed by atoms with Crippen LogP contribution in [0.25, 0.3) is 11.3 Å². The van der Waals surface area contributed by atoms with E-state index in [4.69, 9.17) is 14.3 Å². The summed E-state index contributed by atoms with van der Waals surface area (Å²) in [5.41, 5.74) is 11.4. The standard InChI is InChI=1S/C28H36N4O2/c1-17-13-19(3)28(20(4)14-17)25-16-27(34-31-25)23(7)33-30-21(5)10-12-32-11-8-9-24-26(32)15-18(2)22(6)29-24/h13-16,23H,8-12H2,1-7H3. The summed E-state index contributed by atoms with van der Waals surface area (Å²) in [7, 11) is 0. The fourth-order valence-electron chi connectivity index (χ4n) is 4.73. The van der Waals surface area contributed by atoms with Crippen LogP contribution in [0.3, 0.4) is 0 Å². The van der Waals surface area contributed by atoms with E-state index in [2.05, 4.69) is 68.0 Å². The lowest BCUT2D eigenvalue weighted by molar-refractivity contribution is 0.0513. The molecule has 4 rings (SSSR count). The molecule has 0 bridgehead atoms. The highest BCUT2D eigenvalue weighted by Crippen LogP contribution is 2.31. The van der Waals surface area contributed by atoms with Crippen LogP contribution in [-0.4, -0.2) is 28.9 Å². The Morgan fingerprint density at radius 3 is 2.56 bits per heavy atom. The lowest BCUT2D eigenvalue weighted by atomic mass is 9.97. The van der Waals surface area contributed by atoms with Crippen molar-refractivity contribution in [3.8, 4) is 11.3 Å². The van der Waals surface area contributed by atoms with Crippen molar-refractivity contribution >= 4 is 11.4 Å². The maximum absolute atomic E-state index is 5.79. The number of oxime groups is 1. The Labute approximate surface area is 203 Å². The monoisotopic (exact) mass is 460 g/mol. The van der Waals surface area contributed by atoms with Crippen molar-refractivity contribution < 1.29 is 9.36 Å². The van der Waals surface area contributed by atoms with Gasteiger partial charge in [-0.2, -0.15) is 0 Å². The van der Waals surface area contributed by atoms with Crippen molar-refractivity contribution in [1.82, 2.24) is 10.1 Å². The van der Waals surface area contributed by atoms with Crippen LogP contribution in [0.4, 0.5) is 5.69 Å². The number of nitrogens with zero attached hydrogens (tertiary/aromatic N) is 4. The van der Waals surface area contributed by atoms with Gasteiger partial charge in [-0.05, 0) is 84.1 Å². The summed E-state index contributed by atoms with van der Waals surface area (Å²) in [5.74, 6) is 0.674. The molecule has 0 radical (unpaired) electrons. The average molecular weight is 461 g/mol. The van der Waals surface area contributed by atoms with Crippen molar-refractivity contribution in [3.63, 3.8) is 0 Å². The van der Waals surface area contributed by atoms with Gasteiger partial charge in [0, 0.05) is 36.8 Å². The second-order valence-electron chi connectivity index (χ2n) is 9.66. The summed E-state index contributed by atoms with van der Waals surface area (Å²) in [6.45, 7) is 16.5. The molecular weight excluding hydrogens is 424 g/mol. The second-order valence-corrected chi connectivity index (χ2v) is 9.66. The van der Waals surface area contributed by atoms with E-state index in [-0.39, 0.29) is 6.10 Å². The molecule has 1 aliphatic rings. The van der Waals surface area contributed by atoms with E-state index < -0.39 is 0 Å². The lowest BCUT2D eigenvalue weighted by Crippen LogP contribution is -2.32. The summed E-state index contributed by atoms with van der Waals surface area (Å²) >= 11 is 0. The van der Waals surface area contributed by atoms with E-state index >= 15 is 0 Å². The molecule has 1 atom stereocenters. The number of anilines is 1. The van der Waals surface area contributed by atoms with E-state index in [1.165, 1.54) is 33.6 Å². The van der Waals surface area contributed by atoms with Crippen molar-refractivity contribution in [3.05, 3.63) is 63.7 Å². The summed E-state index contributed by atoms with van der Waals surface area (Å²) in [4.78, 5) is 13.0. The maximum atomic E-state index is 5.79. The third kappa shape index (κ3) is 5.16. The zero-order valence-electron chi connectivity index (χ0n) is 21.5. The molecule has 6 heteroatoms. The Bertz CT molecular complexity index is 1190. The van der Waals surface area contributed by atoms with E-state index in [1.807, 2.05) is 19.9 Å². The molecule has 3 aromatic rings. The van der Waals surface area contributed by atoms with Crippen molar-refractivity contribution in [2.24, 2.45) is 5.16 Å². The second kappa shape index (κ2) is 10.00. The van der Waals surface area contributed by atoms with Gasteiger partial charge >= 0.3 is 0 Å². The van der Waals surface area contributed by atoms with Gasteiger partial charge in [-0.15, -0.1) is 0 Å². The van der Waals surface area contributed by atoms with Gasteiger partial charge in [0.2, 0.25) is 0 Å². The predicted octanol–water partition coefficient (Wildman–Crippen LogP) is 6.58. The largest absolute Gasteiger partial charge is 0.385 e. The van der Waals surface area contributed by atoms with Crippen LogP contribution in [0.1, 0.15) is 72.2 Å². The van der Waals surface area contributed by atoms with Crippen LogP contribution in [0.15, 0.2) is 33.9 Å². The topological polar surface area (TPSA) is 63.8 Å². The number of pyridine rings is 1. The smallest absolute Gasteiger partial charge is 0.184 e. The van der Waals surface area contributed by atoms with Crippen LogP contribution < -0.4 is 4.90 Å². The van der Waals surface area contributed by atoms with Crippen molar-refractivity contribution in [1.29, 1.82) is 0 Å². The first-order valence-corrected chi connectivity index (χ1v) is 12.2. The molecule has 0 spiro atoms. The average Bonchev–Trinajstić information content (AvgIpc) is 3.26. The third-order valence-electron chi connectivity index (χ3n) is 6.68. The zero-order chi connectivity index (χ0) is 24.4. The van der Waals surface area contributed by atoms with Crippen LogP contribution in [0.2, 0.25) is 0 Å². The Morgan fingerprint density at radius 2 is 1.82 bits per heavy atom. The summed E-state index contributed by atoms with van der Waals surface area (Å²) in [5, 5.41) is 8.69. The Morgan fingerprint density at radius 1 is 1.09 bits per heavy atom. The fourth-order valence-corrected chi connectivity index (χ4v) is 4.73. The van der Waals surface area contributed by atoms with Crippen LogP contribution >= 0.6 is 0 Å².